The molecule has 3 atom stereocenters. The van der Waals surface area contributed by atoms with Crippen molar-refractivity contribution >= 4 is 22.8 Å². The number of carbonyl (C=O) groups excluding carboxylic acids is 1. The fourth-order valence-electron chi connectivity index (χ4n) is 1.60. The second kappa shape index (κ2) is 6.14. The molecule has 18 heavy (non-hydrogen) atoms. The van der Waals surface area contributed by atoms with E-state index in [4.69, 9.17) is 9.84 Å². The minimum absolute atomic E-state index is 0.0757. The van der Waals surface area contributed by atoms with E-state index in [9.17, 15) is 13.8 Å². The van der Waals surface area contributed by atoms with Crippen LogP contribution in [0, 0.1) is 5.41 Å². The standard InChI is InChI=1S/C10H18N2O5S/c1-10(8(13)14)6-17-5-7(10)12-9(15)11-3-4-18(2)16/h7H,3-6H2,1-2H3,(H,13,14)(H2,11,12,15). The lowest BCUT2D eigenvalue weighted by Gasteiger charge is -2.25. The van der Waals surface area contributed by atoms with Crippen LogP contribution in [0.3, 0.4) is 0 Å². The number of nitrogens with one attached hydrogen (secondary N) is 2. The molecule has 0 aromatic heterocycles. The number of rotatable bonds is 5. The van der Waals surface area contributed by atoms with Crippen molar-refractivity contribution in [2.45, 2.75) is 13.0 Å². The summed E-state index contributed by atoms with van der Waals surface area (Å²) in [4.78, 5) is 22.6. The molecule has 0 bridgehead atoms. The van der Waals surface area contributed by atoms with Crippen LogP contribution in [0.5, 0.6) is 0 Å². The first kappa shape index (κ1) is 14.9. The summed E-state index contributed by atoms with van der Waals surface area (Å²) in [5.41, 5.74) is -1.11. The van der Waals surface area contributed by atoms with Crippen LogP contribution in [0.2, 0.25) is 0 Å². The zero-order valence-electron chi connectivity index (χ0n) is 10.4. The van der Waals surface area contributed by atoms with Crippen LogP contribution in [0.1, 0.15) is 6.92 Å². The van der Waals surface area contributed by atoms with Crippen LogP contribution in [-0.2, 0) is 20.3 Å². The Balaban J connectivity index is 2.44. The Morgan fingerprint density at radius 1 is 1.56 bits per heavy atom. The highest BCUT2D eigenvalue weighted by Gasteiger charge is 2.47. The quantitative estimate of drug-likeness (QED) is 0.608. The third kappa shape index (κ3) is 3.67. The Bertz CT molecular complexity index is 362. The first-order valence-corrected chi connectivity index (χ1v) is 7.24. The van der Waals surface area contributed by atoms with Crippen LogP contribution in [0.15, 0.2) is 0 Å². The molecule has 0 spiro atoms. The molecule has 1 saturated heterocycles. The molecule has 1 heterocycles. The fraction of sp³-hybridized carbons (Fsp3) is 0.800. The number of carboxylic acids is 1. The second-order valence-corrected chi connectivity index (χ2v) is 6.02. The molecule has 0 aliphatic carbocycles. The van der Waals surface area contributed by atoms with Crippen molar-refractivity contribution in [1.29, 1.82) is 0 Å². The van der Waals surface area contributed by atoms with Gasteiger partial charge in [0.15, 0.2) is 0 Å². The van der Waals surface area contributed by atoms with E-state index in [0.717, 1.165) is 0 Å². The summed E-state index contributed by atoms with van der Waals surface area (Å²) in [6.07, 6.45) is 1.55. The molecule has 1 aliphatic rings. The molecule has 0 aromatic carbocycles. The lowest BCUT2D eigenvalue weighted by Crippen LogP contribution is -2.52. The van der Waals surface area contributed by atoms with Gasteiger partial charge in [-0.3, -0.25) is 9.00 Å². The average molecular weight is 278 g/mol. The van der Waals surface area contributed by atoms with Gasteiger partial charge in [0.05, 0.1) is 19.3 Å². The van der Waals surface area contributed by atoms with Gasteiger partial charge in [-0.1, -0.05) is 0 Å². The topological polar surface area (TPSA) is 105 Å². The monoisotopic (exact) mass is 278 g/mol. The molecule has 1 aliphatic heterocycles. The first-order chi connectivity index (χ1) is 8.36. The van der Waals surface area contributed by atoms with E-state index in [1.807, 2.05) is 0 Å². The van der Waals surface area contributed by atoms with Crippen molar-refractivity contribution in [3.63, 3.8) is 0 Å². The maximum absolute atomic E-state index is 11.5. The van der Waals surface area contributed by atoms with Gasteiger partial charge >= 0.3 is 12.0 Å². The van der Waals surface area contributed by atoms with Crippen molar-refractivity contribution in [3.8, 4) is 0 Å². The normalized spacial score (nSPS) is 28.7. The van der Waals surface area contributed by atoms with Crippen LogP contribution in [-0.4, -0.2) is 59.1 Å². The largest absolute Gasteiger partial charge is 0.481 e. The van der Waals surface area contributed by atoms with Crippen molar-refractivity contribution < 1.29 is 23.6 Å². The number of hydrogen-bond acceptors (Lipinski definition) is 4. The predicted molar refractivity (Wildman–Crippen MR) is 65.8 cm³/mol. The summed E-state index contributed by atoms with van der Waals surface area (Å²) in [6.45, 7) is 2.07. The Morgan fingerprint density at radius 3 is 2.78 bits per heavy atom. The van der Waals surface area contributed by atoms with Crippen LogP contribution < -0.4 is 10.6 Å². The van der Waals surface area contributed by atoms with Crippen molar-refractivity contribution in [2.75, 3.05) is 31.8 Å². The first-order valence-electron chi connectivity index (χ1n) is 5.52. The van der Waals surface area contributed by atoms with E-state index in [1.165, 1.54) is 6.92 Å². The summed E-state index contributed by atoms with van der Waals surface area (Å²) in [6, 6.07) is -1.04. The zero-order valence-corrected chi connectivity index (χ0v) is 11.2. The summed E-state index contributed by atoms with van der Waals surface area (Å²) in [7, 11) is -0.970. The van der Waals surface area contributed by atoms with E-state index in [1.54, 1.807) is 6.26 Å². The number of urea groups is 1. The molecule has 0 aromatic rings. The van der Waals surface area contributed by atoms with E-state index in [-0.39, 0.29) is 19.8 Å². The minimum Gasteiger partial charge on any atom is -0.481 e. The van der Waals surface area contributed by atoms with Crippen LogP contribution >= 0.6 is 0 Å². The third-order valence-corrected chi connectivity index (χ3v) is 3.70. The summed E-state index contributed by atoms with van der Waals surface area (Å²) in [5, 5.41) is 14.2. The molecule has 7 nitrogen and oxygen atoms in total. The van der Waals surface area contributed by atoms with Gasteiger partial charge < -0.3 is 20.5 Å². The summed E-state index contributed by atoms with van der Waals surface area (Å²) in [5.74, 6) is -0.634. The third-order valence-electron chi connectivity index (χ3n) is 2.92. The van der Waals surface area contributed by atoms with Crippen molar-refractivity contribution in [1.82, 2.24) is 10.6 Å². The molecule has 3 N–H and O–H groups in total. The maximum atomic E-state index is 11.5. The van der Waals surface area contributed by atoms with Gasteiger partial charge in [-0.05, 0) is 6.92 Å². The SMILES string of the molecule is CS(=O)CCNC(=O)NC1COCC1(C)C(=O)O. The van der Waals surface area contributed by atoms with Crippen molar-refractivity contribution in [2.24, 2.45) is 5.41 Å². The van der Waals surface area contributed by atoms with Crippen LogP contribution in [0.4, 0.5) is 4.79 Å². The summed E-state index contributed by atoms with van der Waals surface area (Å²) >= 11 is 0. The smallest absolute Gasteiger partial charge is 0.315 e. The Morgan fingerprint density at radius 2 is 2.22 bits per heavy atom. The molecule has 3 unspecified atom stereocenters. The molecule has 1 rings (SSSR count). The highest BCUT2D eigenvalue weighted by atomic mass is 32.2. The van der Waals surface area contributed by atoms with Crippen LogP contribution in [0.25, 0.3) is 0 Å². The molecule has 1 fully saturated rings. The summed E-state index contributed by atoms with van der Waals surface area (Å²) < 4.78 is 15.9. The molecule has 0 saturated carbocycles. The van der Waals surface area contributed by atoms with Gasteiger partial charge in [-0.2, -0.15) is 0 Å². The van der Waals surface area contributed by atoms with Gasteiger partial charge in [-0.25, -0.2) is 4.79 Å². The van der Waals surface area contributed by atoms with Crippen molar-refractivity contribution in [3.05, 3.63) is 0 Å². The van der Waals surface area contributed by atoms with E-state index in [2.05, 4.69) is 10.6 Å². The maximum Gasteiger partial charge on any atom is 0.315 e. The van der Waals surface area contributed by atoms with E-state index >= 15 is 0 Å². The van der Waals surface area contributed by atoms with Gasteiger partial charge in [0.2, 0.25) is 0 Å². The number of hydrogen-bond donors (Lipinski definition) is 3. The van der Waals surface area contributed by atoms with E-state index in [0.29, 0.717) is 5.75 Å². The molecule has 8 heteroatoms. The predicted octanol–water partition coefficient (Wildman–Crippen LogP) is -0.846. The number of carbonyl (C=O) groups is 2. The van der Waals surface area contributed by atoms with E-state index < -0.39 is 34.3 Å². The highest BCUT2D eigenvalue weighted by molar-refractivity contribution is 7.84. The molecular formula is C10H18N2O5S. The molecular weight excluding hydrogens is 260 g/mol. The Labute approximate surface area is 108 Å². The Kier molecular flexibility index (Phi) is 5.09. The number of aliphatic carboxylic acids is 1. The van der Waals surface area contributed by atoms with Gasteiger partial charge in [0.25, 0.3) is 0 Å². The highest BCUT2D eigenvalue weighted by Crippen LogP contribution is 2.28. The average Bonchev–Trinajstić information content (AvgIpc) is 2.61. The number of ether oxygens (including phenoxy) is 1. The lowest BCUT2D eigenvalue weighted by molar-refractivity contribution is -0.148. The Hall–Kier alpha value is -1.15. The van der Waals surface area contributed by atoms with Gasteiger partial charge in [0, 0.05) is 29.4 Å². The number of amides is 2. The molecule has 0 radical (unpaired) electrons. The van der Waals surface area contributed by atoms with Gasteiger partial charge in [0.1, 0.15) is 5.41 Å². The molecule has 104 valence electrons. The minimum atomic E-state index is -1.11. The lowest BCUT2D eigenvalue weighted by atomic mass is 9.85. The fourth-order valence-corrected chi connectivity index (χ4v) is 1.99. The zero-order chi connectivity index (χ0) is 13.8. The van der Waals surface area contributed by atoms with Gasteiger partial charge in [-0.15, -0.1) is 0 Å². The molecule has 2 amide bonds. The second-order valence-electron chi connectivity index (χ2n) is 4.47. The number of carboxylic acid groups (broad SMARTS) is 1.